The molecule has 1 aromatic rings. The summed E-state index contributed by atoms with van der Waals surface area (Å²) in [5.74, 6) is 1.10. The molecule has 4 nitrogen and oxygen atoms in total. The molecule has 0 saturated carbocycles. The van der Waals surface area contributed by atoms with Crippen molar-refractivity contribution < 1.29 is 9.53 Å². The minimum Gasteiger partial charge on any atom is -0.496 e. The van der Waals surface area contributed by atoms with Crippen LogP contribution in [-0.4, -0.2) is 62.5 Å². The van der Waals surface area contributed by atoms with Gasteiger partial charge in [-0.05, 0) is 37.2 Å². The number of aryl methyl sites for hydroxylation is 1. The van der Waals surface area contributed by atoms with Gasteiger partial charge in [0.05, 0.1) is 7.11 Å². The Bertz CT molecular complexity index is 480. The summed E-state index contributed by atoms with van der Waals surface area (Å²) in [6, 6.07) is 5.76. The molecular weight excluding hydrogens is 264 g/mol. The fraction of sp³-hybridized carbons (Fsp3) is 0.588. The van der Waals surface area contributed by atoms with E-state index in [1.165, 1.54) is 0 Å². The van der Waals surface area contributed by atoms with E-state index in [2.05, 4.69) is 23.8 Å². The van der Waals surface area contributed by atoms with Crippen molar-refractivity contribution in [2.45, 2.75) is 19.8 Å². The van der Waals surface area contributed by atoms with Crippen LogP contribution in [0.25, 0.3) is 0 Å². The lowest BCUT2D eigenvalue weighted by molar-refractivity contribution is 0.0941. The topological polar surface area (TPSA) is 32.8 Å². The molecule has 0 radical (unpaired) electrons. The molecular formula is C17H26N2O2. The highest BCUT2D eigenvalue weighted by atomic mass is 16.5. The van der Waals surface area contributed by atoms with Crippen LogP contribution in [0.5, 0.6) is 5.75 Å². The first kappa shape index (κ1) is 16.0. The molecule has 1 heterocycles. The number of benzene rings is 1. The zero-order chi connectivity index (χ0) is 15.2. The Balaban J connectivity index is 1.91. The number of hydrogen-bond donors (Lipinski definition) is 0. The van der Waals surface area contributed by atoms with Gasteiger partial charge in [0.25, 0.3) is 0 Å². The Morgan fingerprint density at radius 1 is 1.24 bits per heavy atom. The Labute approximate surface area is 127 Å². The van der Waals surface area contributed by atoms with Crippen LogP contribution in [0.3, 0.4) is 0 Å². The molecule has 0 atom stereocenters. The van der Waals surface area contributed by atoms with Gasteiger partial charge in [0.1, 0.15) is 5.75 Å². The van der Waals surface area contributed by atoms with E-state index in [0.29, 0.717) is 6.42 Å². The number of methoxy groups -OCH3 is 1. The van der Waals surface area contributed by atoms with Gasteiger partial charge in [-0.2, -0.15) is 0 Å². The molecule has 0 N–H and O–H groups in total. The summed E-state index contributed by atoms with van der Waals surface area (Å²) in [5, 5.41) is 0. The second-order valence-electron chi connectivity index (χ2n) is 5.70. The number of carbonyl (C=O) groups excluding carboxylic acids is 1. The highest BCUT2D eigenvalue weighted by Gasteiger charge is 2.16. The van der Waals surface area contributed by atoms with Crippen molar-refractivity contribution in [3.63, 3.8) is 0 Å². The number of Topliss-reactive ketones (excluding diaryl/α,β-unsaturated/α-hetero) is 1. The van der Waals surface area contributed by atoms with Crippen molar-refractivity contribution in [2.24, 2.45) is 0 Å². The molecule has 0 spiro atoms. The van der Waals surface area contributed by atoms with Gasteiger partial charge < -0.3 is 14.5 Å². The standard InChI is InChI=1S/C17H26N2O2/c1-4-14-13-15(5-6-17(14)21-3)16(20)7-8-19-11-9-18(2)10-12-19/h5-6,13H,4,7-12H2,1-3H3. The van der Waals surface area contributed by atoms with Gasteiger partial charge in [-0.3, -0.25) is 4.79 Å². The number of nitrogens with zero attached hydrogens (tertiary/aromatic N) is 2. The third-order valence-corrected chi connectivity index (χ3v) is 4.23. The summed E-state index contributed by atoms with van der Waals surface area (Å²) >= 11 is 0. The molecule has 1 saturated heterocycles. The summed E-state index contributed by atoms with van der Waals surface area (Å²) in [6.45, 7) is 7.25. The van der Waals surface area contributed by atoms with E-state index in [9.17, 15) is 4.79 Å². The first-order valence-electron chi connectivity index (χ1n) is 7.75. The fourth-order valence-corrected chi connectivity index (χ4v) is 2.70. The van der Waals surface area contributed by atoms with E-state index in [4.69, 9.17) is 4.74 Å². The molecule has 1 aliphatic heterocycles. The van der Waals surface area contributed by atoms with Crippen molar-refractivity contribution in [3.8, 4) is 5.75 Å². The molecule has 21 heavy (non-hydrogen) atoms. The van der Waals surface area contributed by atoms with Crippen LogP contribution in [0.4, 0.5) is 0 Å². The Morgan fingerprint density at radius 3 is 2.57 bits per heavy atom. The molecule has 0 amide bonds. The van der Waals surface area contributed by atoms with Crippen LogP contribution >= 0.6 is 0 Å². The lowest BCUT2D eigenvalue weighted by atomic mass is 10.0. The smallest absolute Gasteiger partial charge is 0.164 e. The second kappa shape index (κ2) is 7.57. The average Bonchev–Trinajstić information content (AvgIpc) is 2.53. The molecule has 0 unspecified atom stereocenters. The van der Waals surface area contributed by atoms with Gasteiger partial charge in [0, 0.05) is 44.7 Å². The van der Waals surface area contributed by atoms with Crippen LogP contribution in [-0.2, 0) is 6.42 Å². The van der Waals surface area contributed by atoms with E-state index >= 15 is 0 Å². The molecule has 1 aliphatic rings. The molecule has 4 heteroatoms. The predicted molar refractivity (Wildman–Crippen MR) is 85.3 cm³/mol. The third kappa shape index (κ3) is 4.29. The van der Waals surface area contributed by atoms with Crippen LogP contribution in [0.2, 0.25) is 0 Å². The molecule has 1 aromatic carbocycles. The molecule has 0 aliphatic carbocycles. The zero-order valence-electron chi connectivity index (χ0n) is 13.4. The number of ether oxygens (including phenoxy) is 1. The number of likely N-dealkylation sites (N-methyl/N-ethyl adjacent to an activating group) is 1. The SMILES string of the molecule is CCc1cc(C(=O)CCN2CCN(C)CC2)ccc1OC. The van der Waals surface area contributed by atoms with Crippen LogP contribution in [0, 0.1) is 0 Å². The molecule has 0 aromatic heterocycles. The van der Waals surface area contributed by atoms with Crippen LogP contribution in [0.15, 0.2) is 18.2 Å². The third-order valence-electron chi connectivity index (χ3n) is 4.23. The largest absolute Gasteiger partial charge is 0.496 e. The monoisotopic (exact) mass is 290 g/mol. The molecule has 116 valence electrons. The maximum atomic E-state index is 12.3. The first-order valence-corrected chi connectivity index (χ1v) is 7.75. The molecule has 1 fully saturated rings. The van der Waals surface area contributed by atoms with E-state index in [-0.39, 0.29) is 5.78 Å². The van der Waals surface area contributed by atoms with Crippen molar-refractivity contribution in [1.82, 2.24) is 9.80 Å². The summed E-state index contributed by atoms with van der Waals surface area (Å²) in [6.07, 6.45) is 1.47. The zero-order valence-corrected chi connectivity index (χ0v) is 13.4. The van der Waals surface area contributed by atoms with Gasteiger partial charge in [0.15, 0.2) is 5.78 Å². The van der Waals surface area contributed by atoms with E-state index < -0.39 is 0 Å². The minimum atomic E-state index is 0.228. The number of ketones is 1. The van der Waals surface area contributed by atoms with Gasteiger partial charge in [-0.1, -0.05) is 6.92 Å². The number of hydrogen-bond acceptors (Lipinski definition) is 4. The Hall–Kier alpha value is -1.39. The summed E-state index contributed by atoms with van der Waals surface area (Å²) < 4.78 is 5.31. The van der Waals surface area contributed by atoms with Gasteiger partial charge in [-0.25, -0.2) is 0 Å². The Kier molecular flexibility index (Phi) is 5.76. The minimum absolute atomic E-state index is 0.228. The Morgan fingerprint density at radius 2 is 1.95 bits per heavy atom. The van der Waals surface area contributed by atoms with Gasteiger partial charge in [0.2, 0.25) is 0 Å². The van der Waals surface area contributed by atoms with E-state index in [1.54, 1.807) is 7.11 Å². The number of rotatable bonds is 6. The summed E-state index contributed by atoms with van der Waals surface area (Å²) in [7, 11) is 3.81. The second-order valence-corrected chi connectivity index (χ2v) is 5.70. The molecule has 2 rings (SSSR count). The van der Waals surface area contributed by atoms with Crippen LogP contribution < -0.4 is 4.74 Å². The fourth-order valence-electron chi connectivity index (χ4n) is 2.70. The maximum Gasteiger partial charge on any atom is 0.164 e. The highest BCUT2D eigenvalue weighted by Crippen LogP contribution is 2.21. The quantitative estimate of drug-likeness (QED) is 0.751. The maximum absolute atomic E-state index is 12.3. The van der Waals surface area contributed by atoms with Crippen molar-refractivity contribution in [2.75, 3.05) is 46.9 Å². The molecule has 0 bridgehead atoms. The van der Waals surface area contributed by atoms with Gasteiger partial charge >= 0.3 is 0 Å². The van der Waals surface area contributed by atoms with Crippen molar-refractivity contribution in [3.05, 3.63) is 29.3 Å². The van der Waals surface area contributed by atoms with Crippen molar-refractivity contribution in [1.29, 1.82) is 0 Å². The number of piperazine rings is 1. The van der Waals surface area contributed by atoms with E-state index in [1.807, 2.05) is 18.2 Å². The lowest BCUT2D eigenvalue weighted by Gasteiger charge is -2.32. The summed E-state index contributed by atoms with van der Waals surface area (Å²) in [4.78, 5) is 17.0. The normalized spacial score (nSPS) is 16.9. The average molecular weight is 290 g/mol. The number of carbonyl (C=O) groups is 1. The van der Waals surface area contributed by atoms with Crippen LogP contribution in [0.1, 0.15) is 29.3 Å². The van der Waals surface area contributed by atoms with E-state index in [0.717, 1.165) is 56.0 Å². The predicted octanol–water partition coefficient (Wildman–Crippen LogP) is 2.08. The first-order chi connectivity index (χ1) is 10.1. The lowest BCUT2D eigenvalue weighted by Crippen LogP contribution is -2.45. The van der Waals surface area contributed by atoms with Gasteiger partial charge in [-0.15, -0.1) is 0 Å². The summed E-state index contributed by atoms with van der Waals surface area (Å²) in [5.41, 5.74) is 1.91. The highest BCUT2D eigenvalue weighted by molar-refractivity contribution is 5.96. The van der Waals surface area contributed by atoms with Crippen molar-refractivity contribution >= 4 is 5.78 Å².